The summed E-state index contributed by atoms with van der Waals surface area (Å²) in [5.41, 5.74) is 2.84. The first kappa shape index (κ1) is 22.6. The first-order valence-corrected chi connectivity index (χ1v) is 9.58. The molecule has 8 nitrogen and oxygen atoms in total. The number of nitrogens with one attached hydrogen (secondary N) is 3. The van der Waals surface area contributed by atoms with E-state index in [0.717, 1.165) is 17.7 Å². The smallest absolute Gasteiger partial charge is 0.306 e. The van der Waals surface area contributed by atoms with Crippen LogP contribution in [0.5, 0.6) is 0 Å². The summed E-state index contributed by atoms with van der Waals surface area (Å²) in [4.78, 5) is 46.7. The first-order chi connectivity index (χ1) is 14.4. The molecule has 158 valence electrons. The van der Waals surface area contributed by atoms with Gasteiger partial charge in [0.1, 0.15) is 0 Å². The van der Waals surface area contributed by atoms with E-state index in [4.69, 9.17) is 4.74 Å². The molecular weight excluding hydrogens is 386 g/mol. The van der Waals surface area contributed by atoms with E-state index in [2.05, 4.69) is 16.0 Å². The number of hydrogen-bond acceptors (Lipinski definition) is 5. The van der Waals surface area contributed by atoms with Gasteiger partial charge in [0.2, 0.25) is 11.8 Å². The number of benzene rings is 2. The number of anilines is 3. The molecule has 0 saturated heterocycles. The molecule has 0 atom stereocenters. The highest BCUT2D eigenvalue weighted by Crippen LogP contribution is 2.16. The molecule has 2 aromatic carbocycles. The third kappa shape index (κ3) is 7.75. The molecule has 0 aliphatic rings. The van der Waals surface area contributed by atoms with Crippen molar-refractivity contribution in [3.63, 3.8) is 0 Å². The lowest BCUT2D eigenvalue weighted by molar-refractivity contribution is -0.147. The van der Waals surface area contributed by atoms with Gasteiger partial charge in [-0.15, -0.1) is 0 Å². The fourth-order valence-electron chi connectivity index (χ4n) is 2.63. The zero-order valence-electron chi connectivity index (χ0n) is 17.0. The predicted molar refractivity (Wildman–Crippen MR) is 114 cm³/mol. The summed E-state index contributed by atoms with van der Waals surface area (Å²) in [6.45, 7) is 2.94. The van der Waals surface area contributed by atoms with Gasteiger partial charge in [0, 0.05) is 30.4 Å². The highest BCUT2D eigenvalue weighted by atomic mass is 16.5. The summed E-state index contributed by atoms with van der Waals surface area (Å²) in [6, 6.07) is 14.0. The van der Waals surface area contributed by atoms with E-state index >= 15 is 0 Å². The maximum atomic E-state index is 12.0. The van der Waals surface area contributed by atoms with E-state index in [1.54, 1.807) is 24.3 Å². The number of esters is 1. The van der Waals surface area contributed by atoms with Crippen LogP contribution in [-0.4, -0.2) is 30.3 Å². The zero-order valence-corrected chi connectivity index (χ0v) is 17.0. The SMILES string of the molecule is CCc1ccccc1NC(=O)CCC(=O)OCC(=O)Nc1ccc(NC(C)=O)cc1. The van der Waals surface area contributed by atoms with E-state index in [1.807, 2.05) is 31.2 Å². The molecule has 0 aliphatic heterocycles. The lowest BCUT2D eigenvalue weighted by Crippen LogP contribution is -2.22. The maximum absolute atomic E-state index is 12.0. The Hall–Kier alpha value is -3.68. The highest BCUT2D eigenvalue weighted by Gasteiger charge is 2.12. The van der Waals surface area contributed by atoms with E-state index < -0.39 is 18.5 Å². The minimum absolute atomic E-state index is 0.0386. The quantitative estimate of drug-likeness (QED) is 0.549. The molecular formula is C22H25N3O5. The number of amides is 3. The second-order valence-corrected chi connectivity index (χ2v) is 6.53. The molecule has 3 amide bonds. The summed E-state index contributed by atoms with van der Waals surface area (Å²) in [5, 5.41) is 7.97. The Balaban J connectivity index is 1.70. The van der Waals surface area contributed by atoms with Gasteiger partial charge in [-0.1, -0.05) is 25.1 Å². The fourth-order valence-corrected chi connectivity index (χ4v) is 2.63. The molecule has 0 aliphatic carbocycles. The summed E-state index contributed by atoms with van der Waals surface area (Å²) >= 11 is 0. The average molecular weight is 411 g/mol. The summed E-state index contributed by atoms with van der Waals surface area (Å²) in [6.07, 6.45) is 0.617. The van der Waals surface area contributed by atoms with Crippen molar-refractivity contribution in [1.29, 1.82) is 0 Å². The number of rotatable bonds is 9. The zero-order chi connectivity index (χ0) is 21.9. The lowest BCUT2D eigenvalue weighted by atomic mass is 10.1. The molecule has 2 rings (SSSR count). The second-order valence-electron chi connectivity index (χ2n) is 6.53. The Labute approximate surface area is 175 Å². The van der Waals surface area contributed by atoms with Crippen LogP contribution in [0.25, 0.3) is 0 Å². The Morgan fingerprint density at radius 2 is 1.43 bits per heavy atom. The van der Waals surface area contributed by atoms with Crippen LogP contribution in [0.4, 0.5) is 17.1 Å². The third-order valence-electron chi connectivity index (χ3n) is 4.08. The van der Waals surface area contributed by atoms with E-state index in [9.17, 15) is 19.2 Å². The number of carbonyl (C=O) groups excluding carboxylic acids is 4. The van der Waals surface area contributed by atoms with Crippen LogP contribution in [-0.2, 0) is 30.3 Å². The molecule has 0 heterocycles. The van der Waals surface area contributed by atoms with Crippen LogP contribution in [0.2, 0.25) is 0 Å². The molecule has 0 saturated carbocycles. The number of ether oxygens (including phenoxy) is 1. The Morgan fingerprint density at radius 3 is 2.07 bits per heavy atom. The van der Waals surface area contributed by atoms with Crippen LogP contribution < -0.4 is 16.0 Å². The van der Waals surface area contributed by atoms with Gasteiger partial charge < -0.3 is 20.7 Å². The fraction of sp³-hybridized carbons (Fsp3) is 0.273. The Morgan fingerprint density at radius 1 is 0.800 bits per heavy atom. The molecule has 0 bridgehead atoms. The van der Waals surface area contributed by atoms with Crippen molar-refractivity contribution in [3.05, 3.63) is 54.1 Å². The minimum atomic E-state index is -0.634. The summed E-state index contributed by atoms with van der Waals surface area (Å²) in [7, 11) is 0. The summed E-state index contributed by atoms with van der Waals surface area (Å²) < 4.78 is 4.91. The molecule has 0 fully saturated rings. The topological polar surface area (TPSA) is 114 Å². The van der Waals surface area contributed by atoms with E-state index in [0.29, 0.717) is 11.4 Å². The normalized spacial score (nSPS) is 10.1. The van der Waals surface area contributed by atoms with Crippen molar-refractivity contribution in [3.8, 4) is 0 Å². The Kier molecular flexibility index (Phi) is 8.56. The third-order valence-corrected chi connectivity index (χ3v) is 4.08. The molecule has 0 aromatic heterocycles. The highest BCUT2D eigenvalue weighted by molar-refractivity contribution is 5.95. The van der Waals surface area contributed by atoms with Gasteiger partial charge in [0.05, 0.1) is 6.42 Å². The number of aryl methyl sites for hydroxylation is 1. The molecule has 0 radical (unpaired) electrons. The van der Waals surface area contributed by atoms with E-state index in [1.165, 1.54) is 6.92 Å². The van der Waals surface area contributed by atoms with Crippen molar-refractivity contribution in [2.45, 2.75) is 33.1 Å². The van der Waals surface area contributed by atoms with Crippen molar-refractivity contribution < 1.29 is 23.9 Å². The number of hydrogen-bond donors (Lipinski definition) is 3. The standard InChI is InChI=1S/C22H25N3O5/c1-3-16-6-4-5-7-19(16)25-20(27)12-13-22(29)30-14-21(28)24-18-10-8-17(9-11-18)23-15(2)26/h4-11H,3,12-14H2,1-2H3,(H,23,26)(H,24,28)(H,25,27). The molecule has 0 unspecified atom stereocenters. The molecule has 2 aromatic rings. The van der Waals surface area contributed by atoms with Gasteiger partial charge in [0.15, 0.2) is 6.61 Å². The van der Waals surface area contributed by atoms with Gasteiger partial charge in [0.25, 0.3) is 5.91 Å². The monoisotopic (exact) mass is 411 g/mol. The van der Waals surface area contributed by atoms with Crippen LogP contribution in [0.3, 0.4) is 0 Å². The van der Waals surface area contributed by atoms with Gasteiger partial charge >= 0.3 is 5.97 Å². The van der Waals surface area contributed by atoms with Gasteiger partial charge in [-0.2, -0.15) is 0 Å². The maximum Gasteiger partial charge on any atom is 0.306 e. The van der Waals surface area contributed by atoms with Gasteiger partial charge in [-0.3, -0.25) is 19.2 Å². The Bertz CT molecular complexity index is 909. The number of carbonyl (C=O) groups is 4. The number of para-hydroxylation sites is 1. The predicted octanol–water partition coefficient (Wildman–Crippen LogP) is 3.11. The van der Waals surface area contributed by atoms with Gasteiger partial charge in [-0.05, 0) is 42.3 Å². The first-order valence-electron chi connectivity index (χ1n) is 9.58. The molecule has 30 heavy (non-hydrogen) atoms. The van der Waals surface area contributed by atoms with Crippen LogP contribution in [0.15, 0.2) is 48.5 Å². The molecule has 0 spiro atoms. The van der Waals surface area contributed by atoms with E-state index in [-0.39, 0.29) is 24.7 Å². The van der Waals surface area contributed by atoms with Crippen molar-refractivity contribution in [2.75, 3.05) is 22.6 Å². The largest absolute Gasteiger partial charge is 0.456 e. The average Bonchev–Trinajstić information content (AvgIpc) is 2.72. The summed E-state index contributed by atoms with van der Waals surface area (Å²) in [5.74, 6) is -1.62. The van der Waals surface area contributed by atoms with Gasteiger partial charge in [-0.25, -0.2) is 0 Å². The minimum Gasteiger partial charge on any atom is -0.456 e. The van der Waals surface area contributed by atoms with Crippen molar-refractivity contribution in [2.24, 2.45) is 0 Å². The molecule has 8 heteroatoms. The molecule has 3 N–H and O–H groups in total. The van der Waals surface area contributed by atoms with Crippen molar-refractivity contribution in [1.82, 2.24) is 0 Å². The van der Waals surface area contributed by atoms with Crippen LogP contribution >= 0.6 is 0 Å². The lowest BCUT2D eigenvalue weighted by Gasteiger charge is -2.10. The van der Waals surface area contributed by atoms with Crippen LogP contribution in [0, 0.1) is 0 Å². The second kappa shape index (κ2) is 11.4. The van der Waals surface area contributed by atoms with Crippen LogP contribution in [0.1, 0.15) is 32.3 Å². The van der Waals surface area contributed by atoms with Crippen molar-refractivity contribution >= 4 is 40.8 Å².